The maximum Gasteiger partial charge on any atom is 0.305 e. The van der Waals surface area contributed by atoms with Gasteiger partial charge in [-0.2, -0.15) is 5.10 Å². The molecule has 0 bridgehead atoms. The van der Waals surface area contributed by atoms with Crippen molar-refractivity contribution in [1.29, 1.82) is 0 Å². The molecule has 1 amide bonds. The van der Waals surface area contributed by atoms with Crippen molar-refractivity contribution in [3.63, 3.8) is 0 Å². The fourth-order valence-electron chi connectivity index (χ4n) is 3.61. The van der Waals surface area contributed by atoms with Crippen LogP contribution < -0.4 is 5.32 Å². The number of aromatic nitrogens is 3. The quantitative estimate of drug-likeness (QED) is 0.527. The number of hydrogen-bond acceptors (Lipinski definition) is 5. The third kappa shape index (κ3) is 5.48. The van der Waals surface area contributed by atoms with Crippen molar-refractivity contribution >= 4 is 22.9 Å². The summed E-state index contributed by atoms with van der Waals surface area (Å²) in [6.07, 6.45) is 3.99. The lowest BCUT2D eigenvalue weighted by molar-refractivity contribution is -0.140. The summed E-state index contributed by atoms with van der Waals surface area (Å²) in [7, 11) is 1.37. The number of amides is 1. The molecule has 3 rings (SSSR count). The Morgan fingerprint density at radius 3 is 2.65 bits per heavy atom. The highest BCUT2D eigenvalue weighted by Gasteiger charge is 2.21. The predicted octanol–water partition coefficient (Wildman–Crippen LogP) is 4.01. The minimum Gasteiger partial charge on any atom is -0.469 e. The summed E-state index contributed by atoms with van der Waals surface area (Å²) >= 11 is 0. The molecule has 0 radical (unpaired) electrons. The van der Waals surface area contributed by atoms with Crippen molar-refractivity contribution in [3.8, 4) is 0 Å². The van der Waals surface area contributed by atoms with Crippen molar-refractivity contribution in [3.05, 3.63) is 59.4 Å². The molecule has 2 heterocycles. The van der Waals surface area contributed by atoms with Crippen molar-refractivity contribution < 1.29 is 14.3 Å². The van der Waals surface area contributed by atoms with Gasteiger partial charge in [0.2, 0.25) is 0 Å². The molecular formula is C24H30N4O3. The van der Waals surface area contributed by atoms with Crippen molar-refractivity contribution in [2.24, 2.45) is 0 Å². The number of pyridine rings is 1. The van der Waals surface area contributed by atoms with Gasteiger partial charge in [0.05, 0.1) is 30.3 Å². The number of nitrogens with one attached hydrogen (secondary N) is 1. The van der Waals surface area contributed by atoms with Gasteiger partial charge in [0.1, 0.15) is 0 Å². The topological polar surface area (TPSA) is 86.1 Å². The molecule has 3 aromatic rings. The second-order valence-electron chi connectivity index (χ2n) is 7.87. The molecule has 0 aliphatic carbocycles. The maximum absolute atomic E-state index is 13.3. The van der Waals surface area contributed by atoms with Crippen LogP contribution in [0, 0.1) is 6.92 Å². The number of fused-ring (bicyclic) bond motifs is 1. The molecule has 0 saturated carbocycles. The van der Waals surface area contributed by atoms with Crippen LogP contribution in [0.25, 0.3) is 11.0 Å². The first-order valence-corrected chi connectivity index (χ1v) is 10.7. The van der Waals surface area contributed by atoms with Crippen LogP contribution in [0.1, 0.15) is 60.8 Å². The molecule has 7 heteroatoms. The second-order valence-corrected chi connectivity index (χ2v) is 7.87. The lowest BCUT2D eigenvalue weighted by Crippen LogP contribution is -2.37. The van der Waals surface area contributed by atoms with Crippen molar-refractivity contribution in [1.82, 2.24) is 20.1 Å². The van der Waals surface area contributed by atoms with Crippen LogP contribution in [0.4, 0.5) is 0 Å². The normalized spacial score (nSPS) is 13.0. The molecular weight excluding hydrogens is 392 g/mol. The Morgan fingerprint density at radius 2 is 1.97 bits per heavy atom. The first kappa shape index (κ1) is 22.5. The fraction of sp³-hybridized carbons (Fsp3) is 0.417. The predicted molar refractivity (Wildman–Crippen MR) is 120 cm³/mol. The van der Waals surface area contributed by atoms with E-state index in [1.807, 2.05) is 41.9 Å². The number of carbonyl (C=O) groups excluding carboxylic acids is 2. The molecule has 2 unspecified atom stereocenters. The first-order chi connectivity index (χ1) is 14.9. The number of ether oxygens (including phenoxy) is 1. The van der Waals surface area contributed by atoms with E-state index in [0.717, 1.165) is 23.1 Å². The summed E-state index contributed by atoms with van der Waals surface area (Å²) in [5.41, 5.74) is 3.12. The molecule has 0 saturated heterocycles. The zero-order valence-electron chi connectivity index (χ0n) is 18.6. The Morgan fingerprint density at radius 1 is 1.23 bits per heavy atom. The number of methoxy groups -OCH3 is 1. The molecule has 0 aliphatic rings. The molecule has 1 aromatic carbocycles. The van der Waals surface area contributed by atoms with E-state index < -0.39 is 0 Å². The maximum atomic E-state index is 13.3. The number of hydrogen-bond donors (Lipinski definition) is 1. The number of aryl methyl sites for hydroxylation is 1. The van der Waals surface area contributed by atoms with Gasteiger partial charge in [0.15, 0.2) is 5.65 Å². The third-order valence-corrected chi connectivity index (χ3v) is 5.53. The summed E-state index contributed by atoms with van der Waals surface area (Å²) in [6.45, 7) is 6.05. The summed E-state index contributed by atoms with van der Waals surface area (Å²) in [6, 6.07) is 11.7. The molecule has 2 atom stereocenters. The minimum atomic E-state index is -0.288. The Bertz CT molecular complexity index is 1050. The number of carbonyl (C=O) groups is 2. The molecule has 0 aliphatic heterocycles. The highest BCUT2D eigenvalue weighted by molar-refractivity contribution is 6.05. The highest BCUT2D eigenvalue weighted by Crippen LogP contribution is 2.23. The van der Waals surface area contributed by atoms with Gasteiger partial charge in [-0.05, 0) is 44.7 Å². The molecule has 0 spiro atoms. The first-order valence-electron chi connectivity index (χ1n) is 10.7. The third-order valence-electron chi connectivity index (χ3n) is 5.53. The lowest BCUT2D eigenvalue weighted by atomic mass is 10.0. The van der Waals surface area contributed by atoms with Crippen LogP contribution in [-0.2, 0) is 16.0 Å². The average Bonchev–Trinajstić information content (AvgIpc) is 3.20. The summed E-state index contributed by atoms with van der Waals surface area (Å²) in [5.74, 6) is -0.478. The number of benzene rings is 1. The van der Waals surface area contributed by atoms with Crippen LogP contribution in [0.3, 0.4) is 0 Å². The van der Waals surface area contributed by atoms with Crippen LogP contribution in [0.15, 0.2) is 42.6 Å². The van der Waals surface area contributed by atoms with E-state index in [2.05, 4.69) is 29.2 Å². The van der Waals surface area contributed by atoms with Gasteiger partial charge in [-0.25, -0.2) is 9.67 Å². The fourth-order valence-corrected chi connectivity index (χ4v) is 3.61. The highest BCUT2D eigenvalue weighted by atomic mass is 16.5. The molecule has 31 heavy (non-hydrogen) atoms. The number of nitrogens with zero attached hydrogens (tertiary/aromatic N) is 3. The van der Waals surface area contributed by atoms with Crippen LogP contribution in [0.5, 0.6) is 0 Å². The van der Waals surface area contributed by atoms with E-state index in [0.29, 0.717) is 24.1 Å². The van der Waals surface area contributed by atoms with E-state index in [-0.39, 0.29) is 30.4 Å². The van der Waals surface area contributed by atoms with Gasteiger partial charge < -0.3 is 10.1 Å². The van der Waals surface area contributed by atoms with Crippen LogP contribution >= 0.6 is 0 Å². The summed E-state index contributed by atoms with van der Waals surface area (Å²) < 4.78 is 6.65. The summed E-state index contributed by atoms with van der Waals surface area (Å²) in [5, 5.41) is 8.33. The number of esters is 1. The molecule has 0 fully saturated rings. The minimum absolute atomic E-state index is 0.189. The Hall–Kier alpha value is -3.22. The smallest absolute Gasteiger partial charge is 0.305 e. The Balaban J connectivity index is 1.87. The summed E-state index contributed by atoms with van der Waals surface area (Å²) in [4.78, 5) is 29.6. The van der Waals surface area contributed by atoms with Crippen molar-refractivity contribution in [2.45, 2.75) is 58.5 Å². The van der Waals surface area contributed by atoms with Gasteiger partial charge in [-0.3, -0.25) is 9.59 Å². The molecule has 1 N–H and O–H groups in total. The second kappa shape index (κ2) is 10.2. The number of rotatable bonds is 9. The molecule has 7 nitrogen and oxygen atoms in total. The monoisotopic (exact) mass is 422 g/mol. The van der Waals surface area contributed by atoms with Crippen LogP contribution in [0.2, 0.25) is 0 Å². The van der Waals surface area contributed by atoms with E-state index >= 15 is 0 Å². The van der Waals surface area contributed by atoms with Gasteiger partial charge in [-0.15, -0.1) is 0 Å². The van der Waals surface area contributed by atoms with E-state index in [4.69, 9.17) is 4.74 Å². The average molecular weight is 423 g/mol. The van der Waals surface area contributed by atoms with E-state index in [1.54, 1.807) is 12.3 Å². The van der Waals surface area contributed by atoms with E-state index in [1.165, 1.54) is 7.11 Å². The van der Waals surface area contributed by atoms with Gasteiger partial charge in [0, 0.05) is 18.2 Å². The Labute approximate surface area is 182 Å². The standard InChI is InChI=1S/C24H30N4O3/c1-5-17(3)28-23-21(15-25-28)20(13-16(2)26-23)24(30)27-19(11-12-22(29)31-4)14-18-9-7-6-8-10-18/h6-10,13,15,17,19H,5,11-12,14H2,1-4H3,(H,27,30). The van der Waals surface area contributed by atoms with Gasteiger partial charge in [-0.1, -0.05) is 37.3 Å². The van der Waals surface area contributed by atoms with E-state index in [9.17, 15) is 9.59 Å². The zero-order chi connectivity index (χ0) is 22.4. The van der Waals surface area contributed by atoms with Gasteiger partial charge in [0.25, 0.3) is 5.91 Å². The zero-order valence-corrected chi connectivity index (χ0v) is 18.6. The largest absolute Gasteiger partial charge is 0.469 e. The SMILES string of the molecule is CCC(C)n1ncc2c(C(=O)NC(CCC(=O)OC)Cc3ccccc3)cc(C)nc21. The van der Waals surface area contributed by atoms with Crippen LogP contribution in [-0.4, -0.2) is 39.8 Å². The van der Waals surface area contributed by atoms with Crippen molar-refractivity contribution in [2.75, 3.05) is 7.11 Å². The molecule has 164 valence electrons. The Kier molecular flexibility index (Phi) is 7.39. The van der Waals surface area contributed by atoms with Gasteiger partial charge >= 0.3 is 5.97 Å². The lowest BCUT2D eigenvalue weighted by Gasteiger charge is -2.19. The molecule has 2 aromatic heterocycles.